The van der Waals surface area contributed by atoms with Crippen LogP contribution >= 0.6 is 22.9 Å². The third kappa shape index (κ3) is 3.02. The summed E-state index contributed by atoms with van der Waals surface area (Å²) in [5, 5.41) is 4.77. The van der Waals surface area contributed by atoms with Crippen LogP contribution in [0.1, 0.15) is 17.3 Å². The number of sulfonamides is 1. The standard InChI is InChI=1S/C14H12ClN3O4S2/c1-8-7-24(21,22)18(13(8)20)9-2-3-10(11(15)6-9)12(19)17-14-16-4-5-23-14/h2-6,8H,7H2,1H3,(H,16,17,19). The molecule has 1 aromatic carbocycles. The van der Waals surface area contributed by atoms with E-state index < -0.39 is 27.8 Å². The predicted octanol–water partition coefficient (Wildman–Crippen LogP) is 2.36. The van der Waals surface area contributed by atoms with Gasteiger partial charge in [0.05, 0.1) is 27.9 Å². The molecule has 1 aromatic heterocycles. The lowest BCUT2D eigenvalue weighted by molar-refractivity contribution is -0.119. The average molecular weight is 386 g/mol. The van der Waals surface area contributed by atoms with Crippen LogP contribution in [0, 0.1) is 5.92 Å². The number of hydrogen-bond acceptors (Lipinski definition) is 6. The number of halogens is 1. The largest absolute Gasteiger partial charge is 0.298 e. The number of carbonyl (C=O) groups is 2. The molecule has 0 bridgehead atoms. The van der Waals surface area contributed by atoms with Gasteiger partial charge in [0.25, 0.3) is 5.91 Å². The maximum Gasteiger partial charge on any atom is 0.258 e. The Morgan fingerprint density at radius 3 is 2.75 bits per heavy atom. The first-order valence-electron chi connectivity index (χ1n) is 6.87. The Hall–Kier alpha value is -1.97. The molecule has 0 spiro atoms. The van der Waals surface area contributed by atoms with Crippen LogP contribution in [-0.2, 0) is 14.8 Å². The van der Waals surface area contributed by atoms with Crippen LogP contribution < -0.4 is 9.62 Å². The third-order valence-electron chi connectivity index (χ3n) is 3.45. The van der Waals surface area contributed by atoms with Crippen molar-refractivity contribution in [2.45, 2.75) is 6.92 Å². The lowest BCUT2D eigenvalue weighted by atomic mass is 10.1. The van der Waals surface area contributed by atoms with Gasteiger partial charge in [0.2, 0.25) is 15.9 Å². The zero-order valence-electron chi connectivity index (χ0n) is 12.4. The van der Waals surface area contributed by atoms with Crippen molar-refractivity contribution in [3.05, 3.63) is 40.4 Å². The summed E-state index contributed by atoms with van der Waals surface area (Å²) in [6.45, 7) is 1.55. The second-order valence-corrected chi connectivity index (χ2v) is 8.40. The van der Waals surface area contributed by atoms with Crippen LogP contribution in [0.5, 0.6) is 0 Å². The molecule has 1 atom stereocenters. The van der Waals surface area contributed by atoms with Gasteiger partial charge in [-0.1, -0.05) is 18.5 Å². The van der Waals surface area contributed by atoms with Gasteiger partial charge in [0.1, 0.15) is 0 Å². The molecule has 2 heterocycles. The molecule has 7 nitrogen and oxygen atoms in total. The van der Waals surface area contributed by atoms with Crippen LogP contribution in [0.25, 0.3) is 0 Å². The van der Waals surface area contributed by atoms with Crippen molar-refractivity contribution in [3.8, 4) is 0 Å². The summed E-state index contributed by atoms with van der Waals surface area (Å²) in [7, 11) is -3.71. The van der Waals surface area contributed by atoms with Crippen LogP contribution in [0.4, 0.5) is 10.8 Å². The van der Waals surface area contributed by atoms with E-state index >= 15 is 0 Å². The molecule has 1 N–H and O–H groups in total. The fourth-order valence-electron chi connectivity index (χ4n) is 2.35. The van der Waals surface area contributed by atoms with Crippen LogP contribution in [0.15, 0.2) is 29.8 Å². The molecule has 1 fully saturated rings. The molecule has 1 unspecified atom stereocenters. The van der Waals surface area contributed by atoms with Crippen molar-refractivity contribution in [2.75, 3.05) is 15.4 Å². The highest BCUT2D eigenvalue weighted by Gasteiger charge is 2.42. The number of thiazole rings is 1. The number of nitrogens with one attached hydrogen (secondary N) is 1. The minimum absolute atomic E-state index is 0.0455. The Morgan fingerprint density at radius 1 is 1.46 bits per heavy atom. The van der Waals surface area contributed by atoms with Crippen molar-refractivity contribution >= 4 is 55.6 Å². The molecule has 0 radical (unpaired) electrons. The monoisotopic (exact) mass is 385 g/mol. The molecule has 1 aliphatic rings. The molecular weight excluding hydrogens is 374 g/mol. The van der Waals surface area contributed by atoms with Gasteiger partial charge in [-0.25, -0.2) is 17.7 Å². The second-order valence-electron chi connectivity index (χ2n) is 5.24. The zero-order valence-corrected chi connectivity index (χ0v) is 14.8. The number of carbonyl (C=O) groups excluding carboxylic acids is 2. The van der Waals surface area contributed by atoms with Crippen LogP contribution in [-0.4, -0.2) is 31.0 Å². The number of anilines is 2. The fraction of sp³-hybridized carbons (Fsp3) is 0.214. The van der Waals surface area contributed by atoms with E-state index in [-0.39, 0.29) is 22.0 Å². The van der Waals surface area contributed by atoms with E-state index in [0.29, 0.717) is 5.13 Å². The molecule has 3 rings (SSSR count). The summed E-state index contributed by atoms with van der Waals surface area (Å²) >= 11 is 7.37. The first-order chi connectivity index (χ1) is 11.3. The minimum atomic E-state index is -3.71. The number of hydrogen-bond donors (Lipinski definition) is 1. The Morgan fingerprint density at radius 2 is 2.21 bits per heavy atom. The Labute approximate surface area is 147 Å². The Balaban J connectivity index is 1.90. The molecule has 24 heavy (non-hydrogen) atoms. The van der Waals surface area contributed by atoms with Gasteiger partial charge in [0, 0.05) is 11.6 Å². The summed E-state index contributed by atoms with van der Waals surface area (Å²) in [5.74, 6) is -1.83. The Kier molecular flexibility index (Phi) is 4.33. The maximum absolute atomic E-state index is 12.2. The molecule has 10 heteroatoms. The molecule has 2 amide bonds. The van der Waals surface area contributed by atoms with E-state index in [1.807, 2.05) is 0 Å². The zero-order chi connectivity index (χ0) is 17.5. The lowest BCUT2D eigenvalue weighted by Crippen LogP contribution is -2.30. The normalized spacial score (nSPS) is 19.5. The topological polar surface area (TPSA) is 96.4 Å². The van der Waals surface area contributed by atoms with E-state index in [2.05, 4.69) is 10.3 Å². The second kappa shape index (κ2) is 6.15. The molecule has 1 saturated heterocycles. The maximum atomic E-state index is 12.2. The molecule has 126 valence electrons. The molecule has 1 aliphatic heterocycles. The number of amides is 2. The van der Waals surface area contributed by atoms with Crippen LogP contribution in [0.2, 0.25) is 5.02 Å². The number of rotatable bonds is 3. The van der Waals surface area contributed by atoms with E-state index in [9.17, 15) is 18.0 Å². The van der Waals surface area contributed by atoms with Gasteiger partial charge in [-0.05, 0) is 18.2 Å². The molecular formula is C14H12ClN3O4S2. The number of aromatic nitrogens is 1. The van der Waals surface area contributed by atoms with Crippen molar-refractivity contribution in [3.63, 3.8) is 0 Å². The summed E-state index contributed by atoms with van der Waals surface area (Å²) in [6.07, 6.45) is 1.55. The number of nitrogens with zero attached hydrogens (tertiary/aromatic N) is 2. The first-order valence-corrected chi connectivity index (χ1v) is 9.73. The molecule has 0 saturated carbocycles. The lowest BCUT2D eigenvalue weighted by Gasteiger charge is -2.16. The van der Waals surface area contributed by atoms with Gasteiger partial charge in [0.15, 0.2) is 5.13 Å². The van der Waals surface area contributed by atoms with Crippen molar-refractivity contribution in [1.82, 2.24) is 4.98 Å². The van der Waals surface area contributed by atoms with Crippen molar-refractivity contribution in [2.24, 2.45) is 5.92 Å². The minimum Gasteiger partial charge on any atom is -0.298 e. The molecule has 2 aromatic rings. The highest BCUT2D eigenvalue weighted by molar-refractivity contribution is 7.94. The fourth-order valence-corrected chi connectivity index (χ4v) is 4.95. The summed E-state index contributed by atoms with van der Waals surface area (Å²) in [4.78, 5) is 28.2. The highest BCUT2D eigenvalue weighted by atomic mass is 35.5. The smallest absolute Gasteiger partial charge is 0.258 e. The SMILES string of the molecule is CC1CS(=O)(=O)N(c2ccc(C(=O)Nc3nccs3)c(Cl)c2)C1=O. The van der Waals surface area contributed by atoms with Gasteiger partial charge < -0.3 is 0 Å². The average Bonchev–Trinajstić information content (AvgIpc) is 3.05. The van der Waals surface area contributed by atoms with E-state index in [1.165, 1.54) is 29.5 Å². The molecule has 0 aliphatic carbocycles. The highest BCUT2D eigenvalue weighted by Crippen LogP contribution is 2.31. The first kappa shape index (κ1) is 16.9. The quantitative estimate of drug-likeness (QED) is 0.874. The van der Waals surface area contributed by atoms with Gasteiger partial charge in [-0.2, -0.15) is 0 Å². The summed E-state index contributed by atoms with van der Waals surface area (Å²) in [5.41, 5.74) is 0.285. The number of benzene rings is 1. The third-order valence-corrected chi connectivity index (χ3v) is 6.31. The summed E-state index contributed by atoms with van der Waals surface area (Å²) in [6, 6.07) is 4.06. The summed E-state index contributed by atoms with van der Waals surface area (Å²) < 4.78 is 24.9. The van der Waals surface area contributed by atoms with E-state index in [4.69, 9.17) is 11.6 Å². The van der Waals surface area contributed by atoms with E-state index in [1.54, 1.807) is 18.5 Å². The Bertz CT molecular complexity index is 912. The van der Waals surface area contributed by atoms with Crippen LogP contribution in [0.3, 0.4) is 0 Å². The van der Waals surface area contributed by atoms with Gasteiger partial charge in [-0.15, -0.1) is 11.3 Å². The van der Waals surface area contributed by atoms with E-state index in [0.717, 1.165) is 4.31 Å². The van der Waals surface area contributed by atoms with Gasteiger partial charge in [-0.3, -0.25) is 14.9 Å². The van der Waals surface area contributed by atoms with Gasteiger partial charge >= 0.3 is 0 Å². The van der Waals surface area contributed by atoms with Crippen molar-refractivity contribution in [1.29, 1.82) is 0 Å². The van der Waals surface area contributed by atoms with Crippen molar-refractivity contribution < 1.29 is 18.0 Å². The predicted molar refractivity (Wildman–Crippen MR) is 92.0 cm³/mol.